The highest BCUT2D eigenvalue weighted by molar-refractivity contribution is 7.88. The van der Waals surface area contributed by atoms with E-state index in [9.17, 15) is 8.42 Å². The van der Waals surface area contributed by atoms with Crippen molar-refractivity contribution < 1.29 is 8.42 Å². The van der Waals surface area contributed by atoms with Gasteiger partial charge in [0, 0.05) is 12.1 Å². The molecule has 0 aliphatic carbocycles. The second kappa shape index (κ2) is 5.66. The normalized spacial score (nSPS) is 10.6. The monoisotopic (exact) mass is 238 g/mol. The van der Waals surface area contributed by atoms with Gasteiger partial charge >= 0.3 is 0 Å². The van der Waals surface area contributed by atoms with E-state index in [1.54, 1.807) is 0 Å². The van der Waals surface area contributed by atoms with Gasteiger partial charge in [-0.1, -0.05) is 30.0 Å². The molecular weight excluding hydrogens is 224 g/mol. The van der Waals surface area contributed by atoms with Crippen LogP contribution < -0.4 is 10.5 Å². The standard InChI is InChI=1S/C11H14N2O2S/c1-16(14,15)13-9-11-6-3-2-5-10(11)7-4-8-12/h2-3,5-6,13H,8-9,12H2,1H3. The summed E-state index contributed by atoms with van der Waals surface area (Å²) in [6.07, 6.45) is 1.13. The predicted molar refractivity (Wildman–Crippen MR) is 64.1 cm³/mol. The lowest BCUT2D eigenvalue weighted by molar-refractivity contribution is 0.587. The molecule has 3 N–H and O–H groups in total. The zero-order valence-electron chi connectivity index (χ0n) is 9.03. The molecule has 4 nitrogen and oxygen atoms in total. The molecule has 1 rings (SSSR count). The van der Waals surface area contributed by atoms with Crippen molar-refractivity contribution in [2.75, 3.05) is 12.8 Å². The Hall–Kier alpha value is -1.35. The van der Waals surface area contributed by atoms with Crippen molar-refractivity contribution in [1.82, 2.24) is 4.72 Å². The average molecular weight is 238 g/mol. The molecule has 0 amide bonds. The molecule has 0 spiro atoms. The molecule has 0 unspecified atom stereocenters. The van der Waals surface area contributed by atoms with Crippen LogP contribution in [-0.2, 0) is 16.6 Å². The molecule has 1 aromatic rings. The summed E-state index contributed by atoms with van der Waals surface area (Å²) in [7, 11) is -3.18. The van der Waals surface area contributed by atoms with Crippen molar-refractivity contribution in [2.24, 2.45) is 5.73 Å². The number of rotatable bonds is 3. The fourth-order valence-corrected chi connectivity index (χ4v) is 1.57. The highest BCUT2D eigenvalue weighted by Crippen LogP contribution is 2.07. The third-order valence-electron chi connectivity index (χ3n) is 1.87. The number of nitrogens with one attached hydrogen (secondary N) is 1. The molecule has 0 atom stereocenters. The Morgan fingerprint density at radius 2 is 2.06 bits per heavy atom. The molecule has 0 aromatic heterocycles. The smallest absolute Gasteiger partial charge is 0.209 e. The van der Waals surface area contributed by atoms with Crippen molar-refractivity contribution in [2.45, 2.75) is 6.54 Å². The SMILES string of the molecule is CS(=O)(=O)NCc1ccccc1C#CCN. The summed E-state index contributed by atoms with van der Waals surface area (Å²) < 4.78 is 24.4. The van der Waals surface area contributed by atoms with Crippen LogP contribution in [0.2, 0.25) is 0 Å². The summed E-state index contributed by atoms with van der Waals surface area (Å²) in [4.78, 5) is 0. The second-order valence-electron chi connectivity index (χ2n) is 3.26. The van der Waals surface area contributed by atoms with Crippen LogP contribution in [0.3, 0.4) is 0 Å². The molecule has 0 aliphatic rings. The molecule has 16 heavy (non-hydrogen) atoms. The van der Waals surface area contributed by atoms with Crippen LogP contribution in [0.5, 0.6) is 0 Å². The van der Waals surface area contributed by atoms with E-state index in [1.807, 2.05) is 24.3 Å². The maximum atomic E-state index is 11.0. The van der Waals surface area contributed by atoms with E-state index >= 15 is 0 Å². The van der Waals surface area contributed by atoms with Crippen LogP contribution in [0.15, 0.2) is 24.3 Å². The minimum atomic E-state index is -3.18. The van der Waals surface area contributed by atoms with Crippen LogP contribution in [0.1, 0.15) is 11.1 Å². The van der Waals surface area contributed by atoms with E-state index < -0.39 is 10.0 Å². The third kappa shape index (κ3) is 4.45. The Balaban J connectivity index is 2.87. The van der Waals surface area contributed by atoms with Crippen LogP contribution >= 0.6 is 0 Å². The summed E-state index contributed by atoms with van der Waals surface area (Å²) in [6.45, 7) is 0.530. The van der Waals surface area contributed by atoms with Gasteiger partial charge in [0.25, 0.3) is 0 Å². The van der Waals surface area contributed by atoms with Gasteiger partial charge in [-0.3, -0.25) is 0 Å². The zero-order valence-corrected chi connectivity index (χ0v) is 9.84. The Bertz CT molecular complexity index is 512. The molecule has 0 radical (unpaired) electrons. The van der Waals surface area contributed by atoms with Crippen molar-refractivity contribution >= 4 is 10.0 Å². The molecule has 86 valence electrons. The van der Waals surface area contributed by atoms with Gasteiger partial charge in [0.05, 0.1) is 12.8 Å². The quantitative estimate of drug-likeness (QED) is 0.731. The second-order valence-corrected chi connectivity index (χ2v) is 5.09. The lowest BCUT2D eigenvalue weighted by Gasteiger charge is -2.04. The number of nitrogens with two attached hydrogens (primary N) is 1. The van der Waals surface area contributed by atoms with E-state index in [-0.39, 0.29) is 13.1 Å². The fourth-order valence-electron chi connectivity index (χ4n) is 1.15. The molecule has 1 aromatic carbocycles. The van der Waals surface area contributed by atoms with Gasteiger partial charge in [-0.25, -0.2) is 13.1 Å². The minimum absolute atomic E-state index is 0.244. The average Bonchev–Trinajstić information content (AvgIpc) is 2.23. The summed E-state index contributed by atoms with van der Waals surface area (Å²) in [5.41, 5.74) is 6.92. The topological polar surface area (TPSA) is 72.2 Å². The van der Waals surface area contributed by atoms with Crippen LogP contribution in [0, 0.1) is 11.8 Å². The molecule has 0 bridgehead atoms. The summed E-state index contributed by atoms with van der Waals surface area (Å²) in [6, 6.07) is 7.36. The van der Waals surface area contributed by atoms with Gasteiger partial charge < -0.3 is 5.73 Å². The predicted octanol–water partition coefficient (Wildman–Crippen LogP) is 0.0460. The number of sulfonamides is 1. The van der Waals surface area contributed by atoms with Crippen molar-refractivity contribution in [3.63, 3.8) is 0 Å². The van der Waals surface area contributed by atoms with Gasteiger partial charge in [0.2, 0.25) is 10.0 Å². The summed E-state index contributed by atoms with van der Waals surface area (Å²) in [5, 5.41) is 0. The zero-order chi connectivity index (χ0) is 12.0. The first-order valence-electron chi connectivity index (χ1n) is 4.74. The van der Waals surface area contributed by atoms with E-state index in [4.69, 9.17) is 5.73 Å². The maximum absolute atomic E-state index is 11.0. The van der Waals surface area contributed by atoms with Gasteiger partial charge in [-0.15, -0.1) is 0 Å². The maximum Gasteiger partial charge on any atom is 0.209 e. The van der Waals surface area contributed by atoms with E-state index in [2.05, 4.69) is 16.6 Å². The fraction of sp³-hybridized carbons (Fsp3) is 0.273. The highest BCUT2D eigenvalue weighted by Gasteiger charge is 2.03. The first-order chi connectivity index (χ1) is 7.53. The molecule has 5 heteroatoms. The van der Waals surface area contributed by atoms with Gasteiger partial charge in [-0.05, 0) is 11.6 Å². The van der Waals surface area contributed by atoms with Crippen LogP contribution in [0.4, 0.5) is 0 Å². The van der Waals surface area contributed by atoms with E-state index in [0.717, 1.165) is 17.4 Å². The molecule has 0 fully saturated rings. The largest absolute Gasteiger partial charge is 0.320 e. The number of benzene rings is 1. The number of hydrogen-bond acceptors (Lipinski definition) is 3. The molecule has 0 aliphatic heterocycles. The van der Waals surface area contributed by atoms with E-state index in [1.165, 1.54) is 0 Å². The van der Waals surface area contributed by atoms with E-state index in [0.29, 0.717) is 0 Å². The Kier molecular flexibility index (Phi) is 4.50. The molecule has 0 saturated heterocycles. The molecular formula is C11H14N2O2S. The number of hydrogen-bond donors (Lipinski definition) is 2. The Morgan fingerprint density at radius 3 is 2.69 bits per heavy atom. The van der Waals surface area contributed by atoms with Gasteiger partial charge in [0.1, 0.15) is 0 Å². The minimum Gasteiger partial charge on any atom is -0.320 e. The van der Waals surface area contributed by atoms with Crippen LogP contribution in [0.25, 0.3) is 0 Å². The Labute approximate surface area is 95.9 Å². The lowest BCUT2D eigenvalue weighted by atomic mass is 10.1. The van der Waals surface area contributed by atoms with Crippen LogP contribution in [-0.4, -0.2) is 21.2 Å². The first kappa shape index (κ1) is 12.7. The van der Waals surface area contributed by atoms with Gasteiger partial charge in [0.15, 0.2) is 0 Å². The van der Waals surface area contributed by atoms with Crippen molar-refractivity contribution in [3.8, 4) is 11.8 Å². The van der Waals surface area contributed by atoms with Gasteiger partial charge in [-0.2, -0.15) is 0 Å². The Morgan fingerprint density at radius 1 is 1.38 bits per heavy atom. The third-order valence-corrected chi connectivity index (χ3v) is 2.54. The molecule has 0 heterocycles. The van der Waals surface area contributed by atoms with Crippen molar-refractivity contribution in [3.05, 3.63) is 35.4 Å². The summed E-state index contributed by atoms with van der Waals surface area (Å²) >= 11 is 0. The van der Waals surface area contributed by atoms with Crippen molar-refractivity contribution in [1.29, 1.82) is 0 Å². The first-order valence-corrected chi connectivity index (χ1v) is 6.63. The highest BCUT2D eigenvalue weighted by atomic mass is 32.2. The summed E-state index contributed by atoms with van der Waals surface area (Å²) in [5.74, 6) is 5.64. The molecule has 0 saturated carbocycles. The lowest BCUT2D eigenvalue weighted by Crippen LogP contribution is -2.21.